The monoisotopic (exact) mass is 356 g/mol. The Morgan fingerprint density at radius 3 is 2.58 bits per heavy atom. The Morgan fingerprint density at radius 2 is 1.92 bits per heavy atom. The molecule has 1 aromatic heterocycles. The van der Waals surface area contributed by atoms with Crippen LogP contribution in [0, 0.1) is 13.8 Å². The lowest BCUT2D eigenvalue weighted by Gasteiger charge is -2.34. The smallest absolute Gasteiger partial charge is 0.276 e. The minimum Gasteiger partial charge on any atom is -0.361 e. The predicted octanol–water partition coefficient (Wildman–Crippen LogP) is 1.48. The maximum absolute atomic E-state index is 12.3. The standard InChI is InChI=1S/C19H24N4O3/c1-14-4-3-5-16(12-14)18(24)20-6-7-22-8-10-23(11-9-22)19(25)17-13-15(2)26-21-17/h3-5,12-13H,6-11H2,1-2H3,(H,20,24). The van der Waals surface area contributed by atoms with Crippen LogP contribution in [0.5, 0.6) is 0 Å². The van der Waals surface area contributed by atoms with E-state index in [4.69, 9.17) is 4.52 Å². The minimum atomic E-state index is -0.0887. The van der Waals surface area contributed by atoms with E-state index in [-0.39, 0.29) is 11.8 Å². The Balaban J connectivity index is 1.40. The second-order valence-corrected chi connectivity index (χ2v) is 6.58. The maximum atomic E-state index is 12.3. The lowest BCUT2D eigenvalue weighted by atomic mass is 10.1. The molecule has 7 nitrogen and oxygen atoms in total. The van der Waals surface area contributed by atoms with Gasteiger partial charge in [-0.05, 0) is 26.0 Å². The van der Waals surface area contributed by atoms with Crippen molar-refractivity contribution in [3.05, 3.63) is 52.9 Å². The molecular formula is C19H24N4O3. The molecule has 0 aliphatic carbocycles. The third kappa shape index (κ3) is 4.49. The van der Waals surface area contributed by atoms with Gasteiger partial charge in [0.25, 0.3) is 11.8 Å². The van der Waals surface area contributed by atoms with Crippen molar-refractivity contribution in [3.63, 3.8) is 0 Å². The van der Waals surface area contributed by atoms with Crippen molar-refractivity contribution in [2.75, 3.05) is 39.3 Å². The molecular weight excluding hydrogens is 332 g/mol. The lowest BCUT2D eigenvalue weighted by molar-refractivity contribution is 0.0628. The number of nitrogens with zero attached hydrogens (tertiary/aromatic N) is 3. The molecule has 1 N–H and O–H groups in total. The maximum Gasteiger partial charge on any atom is 0.276 e. The van der Waals surface area contributed by atoms with Crippen molar-refractivity contribution in [1.29, 1.82) is 0 Å². The second-order valence-electron chi connectivity index (χ2n) is 6.58. The van der Waals surface area contributed by atoms with Crippen molar-refractivity contribution in [3.8, 4) is 0 Å². The second kappa shape index (κ2) is 8.14. The molecule has 0 radical (unpaired) electrons. The molecule has 1 aliphatic rings. The van der Waals surface area contributed by atoms with Gasteiger partial charge in [0.2, 0.25) is 0 Å². The fourth-order valence-electron chi connectivity index (χ4n) is 3.02. The normalized spacial score (nSPS) is 15.1. The Bertz CT molecular complexity index is 779. The van der Waals surface area contributed by atoms with Gasteiger partial charge in [-0.2, -0.15) is 0 Å². The lowest BCUT2D eigenvalue weighted by Crippen LogP contribution is -2.50. The highest BCUT2D eigenvalue weighted by molar-refractivity contribution is 5.94. The van der Waals surface area contributed by atoms with E-state index in [1.54, 1.807) is 17.9 Å². The molecule has 1 aliphatic heterocycles. The summed E-state index contributed by atoms with van der Waals surface area (Å²) >= 11 is 0. The third-order valence-corrected chi connectivity index (χ3v) is 4.50. The van der Waals surface area contributed by atoms with Crippen molar-refractivity contribution in [1.82, 2.24) is 20.3 Å². The van der Waals surface area contributed by atoms with E-state index in [0.717, 1.165) is 25.2 Å². The van der Waals surface area contributed by atoms with Crippen molar-refractivity contribution in [2.45, 2.75) is 13.8 Å². The quantitative estimate of drug-likeness (QED) is 0.878. The molecule has 2 amide bonds. The molecule has 7 heteroatoms. The summed E-state index contributed by atoms with van der Waals surface area (Å²) in [4.78, 5) is 28.5. The number of nitrogens with one attached hydrogen (secondary N) is 1. The first-order valence-corrected chi connectivity index (χ1v) is 8.83. The minimum absolute atomic E-state index is 0.0519. The number of piperazine rings is 1. The van der Waals surface area contributed by atoms with Gasteiger partial charge in [-0.1, -0.05) is 22.9 Å². The average molecular weight is 356 g/mol. The average Bonchev–Trinajstić information content (AvgIpc) is 3.08. The predicted molar refractivity (Wildman–Crippen MR) is 97.1 cm³/mol. The molecule has 0 atom stereocenters. The molecule has 0 saturated carbocycles. The van der Waals surface area contributed by atoms with E-state index in [9.17, 15) is 9.59 Å². The van der Waals surface area contributed by atoms with Gasteiger partial charge in [0.1, 0.15) is 5.76 Å². The van der Waals surface area contributed by atoms with Crippen LogP contribution in [-0.4, -0.2) is 66.0 Å². The topological polar surface area (TPSA) is 78.7 Å². The van der Waals surface area contributed by atoms with Crippen LogP contribution in [0.25, 0.3) is 0 Å². The van der Waals surface area contributed by atoms with Crippen molar-refractivity contribution >= 4 is 11.8 Å². The van der Waals surface area contributed by atoms with Crippen LogP contribution < -0.4 is 5.32 Å². The summed E-state index contributed by atoms with van der Waals surface area (Å²) in [6.07, 6.45) is 0. The fourth-order valence-corrected chi connectivity index (χ4v) is 3.02. The Labute approximate surface area is 152 Å². The van der Waals surface area contributed by atoms with Crippen molar-refractivity contribution < 1.29 is 14.1 Å². The van der Waals surface area contributed by atoms with E-state index in [1.807, 2.05) is 31.2 Å². The fraction of sp³-hybridized carbons (Fsp3) is 0.421. The van der Waals surface area contributed by atoms with Gasteiger partial charge in [-0.25, -0.2) is 0 Å². The van der Waals surface area contributed by atoms with E-state index in [1.165, 1.54) is 0 Å². The first-order valence-electron chi connectivity index (χ1n) is 8.83. The number of amides is 2. The largest absolute Gasteiger partial charge is 0.361 e. The highest BCUT2D eigenvalue weighted by atomic mass is 16.5. The summed E-state index contributed by atoms with van der Waals surface area (Å²) in [5, 5.41) is 6.74. The number of carbonyl (C=O) groups excluding carboxylic acids is 2. The number of aryl methyl sites for hydroxylation is 2. The highest BCUT2D eigenvalue weighted by Gasteiger charge is 2.24. The van der Waals surface area contributed by atoms with Crippen LogP contribution in [-0.2, 0) is 0 Å². The molecule has 0 bridgehead atoms. The van der Waals surface area contributed by atoms with E-state index in [2.05, 4.69) is 15.4 Å². The van der Waals surface area contributed by atoms with Gasteiger partial charge in [0.05, 0.1) is 0 Å². The number of benzene rings is 1. The molecule has 1 aromatic carbocycles. The molecule has 2 heterocycles. The van der Waals surface area contributed by atoms with Crippen LogP contribution >= 0.6 is 0 Å². The van der Waals surface area contributed by atoms with E-state index in [0.29, 0.717) is 36.7 Å². The van der Waals surface area contributed by atoms with Crippen LogP contribution in [0.1, 0.15) is 32.2 Å². The molecule has 26 heavy (non-hydrogen) atoms. The van der Waals surface area contributed by atoms with Gasteiger partial charge in [-0.3, -0.25) is 14.5 Å². The molecule has 0 unspecified atom stereocenters. The van der Waals surface area contributed by atoms with E-state index >= 15 is 0 Å². The number of rotatable bonds is 5. The number of hydrogen-bond donors (Lipinski definition) is 1. The SMILES string of the molecule is Cc1cccc(C(=O)NCCN2CCN(C(=O)c3cc(C)on3)CC2)c1. The molecule has 1 saturated heterocycles. The third-order valence-electron chi connectivity index (χ3n) is 4.50. The summed E-state index contributed by atoms with van der Waals surface area (Å²) in [5.41, 5.74) is 2.12. The van der Waals surface area contributed by atoms with E-state index < -0.39 is 0 Å². The summed E-state index contributed by atoms with van der Waals surface area (Å²) in [6, 6.07) is 9.22. The number of carbonyl (C=O) groups is 2. The Kier molecular flexibility index (Phi) is 5.68. The van der Waals surface area contributed by atoms with Gasteiger partial charge in [-0.15, -0.1) is 0 Å². The summed E-state index contributed by atoms with van der Waals surface area (Å²) in [6.45, 7) is 7.95. The van der Waals surface area contributed by atoms with Crippen LogP contribution in [0.2, 0.25) is 0 Å². The highest BCUT2D eigenvalue weighted by Crippen LogP contribution is 2.09. The number of hydrogen-bond acceptors (Lipinski definition) is 5. The van der Waals surface area contributed by atoms with Crippen molar-refractivity contribution in [2.24, 2.45) is 0 Å². The molecule has 3 rings (SSSR count). The molecule has 0 spiro atoms. The summed E-state index contributed by atoms with van der Waals surface area (Å²) in [5.74, 6) is 0.495. The zero-order chi connectivity index (χ0) is 18.5. The first-order chi connectivity index (χ1) is 12.5. The molecule has 2 aromatic rings. The van der Waals surface area contributed by atoms with Gasteiger partial charge in [0, 0.05) is 50.9 Å². The van der Waals surface area contributed by atoms with Gasteiger partial charge >= 0.3 is 0 Å². The summed E-state index contributed by atoms with van der Waals surface area (Å²) < 4.78 is 4.97. The Hall–Kier alpha value is -2.67. The van der Waals surface area contributed by atoms with Crippen LogP contribution in [0.3, 0.4) is 0 Å². The zero-order valence-electron chi connectivity index (χ0n) is 15.2. The van der Waals surface area contributed by atoms with Gasteiger partial charge < -0.3 is 14.7 Å². The Morgan fingerprint density at radius 1 is 1.15 bits per heavy atom. The van der Waals surface area contributed by atoms with Gasteiger partial charge in [0.15, 0.2) is 5.69 Å². The van der Waals surface area contributed by atoms with Crippen LogP contribution in [0.15, 0.2) is 34.9 Å². The summed E-state index contributed by atoms with van der Waals surface area (Å²) in [7, 11) is 0. The zero-order valence-corrected chi connectivity index (χ0v) is 15.2. The molecule has 138 valence electrons. The van der Waals surface area contributed by atoms with Crippen LogP contribution in [0.4, 0.5) is 0 Å². The first kappa shape index (κ1) is 18.1. The number of aromatic nitrogens is 1. The molecule has 1 fully saturated rings.